The van der Waals surface area contributed by atoms with Gasteiger partial charge < -0.3 is 22.1 Å². The molecule has 0 aromatic heterocycles. The fraction of sp³-hybridized carbons (Fsp3) is 0.333. The van der Waals surface area contributed by atoms with Gasteiger partial charge in [0.15, 0.2) is 0 Å². The zero-order valence-electron chi connectivity index (χ0n) is 10.5. The predicted molar refractivity (Wildman–Crippen MR) is 71.1 cm³/mol. The Labute approximate surface area is 106 Å². The molecular weight excluding hydrogens is 232 g/mol. The Morgan fingerprint density at radius 2 is 2.00 bits per heavy atom. The highest BCUT2D eigenvalue weighted by atomic mass is 16.2. The van der Waals surface area contributed by atoms with Crippen LogP contribution < -0.4 is 22.1 Å². The molecule has 0 aliphatic heterocycles. The number of carbonyl (C=O) groups is 2. The first-order valence-corrected chi connectivity index (χ1v) is 5.63. The molecule has 0 fully saturated rings. The number of primary amides is 1. The molecule has 0 bridgehead atoms. The highest BCUT2D eigenvalue weighted by Gasteiger charge is 2.12. The van der Waals surface area contributed by atoms with Gasteiger partial charge in [-0.15, -0.1) is 0 Å². The van der Waals surface area contributed by atoms with E-state index in [0.717, 1.165) is 0 Å². The molecule has 0 saturated heterocycles. The standard InChI is InChI=1S/C12H18N4O2/c1-7(2)16-10(17)6-15-11-8(12(14)18)4-3-5-9(11)13/h3-5,7,15H,6,13H2,1-2H3,(H2,14,18)(H,16,17). The van der Waals surface area contributed by atoms with Crippen molar-refractivity contribution >= 4 is 23.2 Å². The van der Waals surface area contributed by atoms with Crippen molar-refractivity contribution in [2.24, 2.45) is 5.73 Å². The van der Waals surface area contributed by atoms with Gasteiger partial charge in [0.2, 0.25) is 5.91 Å². The van der Waals surface area contributed by atoms with Gasteiger partial charge in [-0.1, -0.05) is 6.07 Å². The number of benzene rings is 1. The molecule has 0 heterocycles. The molecule has 0 aliphatic rings. The Morgan fingerprint density at radius 3 is 2.56 bits per heavy atom. The Hall–Kier alpha value is -2.24. The molecule has 1 rings (SSSR count). The fourth-order valence-corrected chi connectivity index (χ4v) is 1.51. The summed E-state index contributed by atoms with van der Waals surface area (Å²) in [7, 11) is 0. The number of nitrogens with two attached hydrogens (primary N) is 2. The van der Waals surface area contributed by atoms with Gasteiger partial charge in [-0.05, 0) is 26.0 Å². The minimum atomic E-state index is -0.589. The Balaban J connectivity index is 2.78. The van der Waals surface area contributed by atoms with Crippen molar-refractivity contribution in [1.82, 2.24) is 5.32 Å². The summed E-state index contributed by atoms with van der Waals surface area (Å²) < 4.78 is 0. The summed E-state index contributed by atoms with van der Waals surface area (Å²) >= 11 is 0. The van der Waals surface area contributed by atoms with Crippen LogP contribution in [0.15, 0.2) is 18.2 Å². The van der Waals surface area contributed by atoms with Gasteiger partial charge in [-0.25, -0.2) is 0 Å². The molecule has 6 N–H and O–H groups in total. The second kappa shape index (κ2) is 5.90. The van der Waals surface area contributed by atoms with Crippen LogP contribution >= 0.6 is 0 Å². The zero-order chi connectivity index (χ0) is 13.7. The SMILES string of the molecule is CC(C)NC(=O)CNc1c(N)cccc1C(N)=O. The zero-order valence-corrected chi connectivity index (χ0v) is 10.5. The molecule has 0 spiro atoms. The Kier molecular flexibility index (Phi) is 4.53. The summed E-state index contributed by atoms with van der Waals surface area (Å²) in [5.74, 6) is -0.766. The number of amides is 2. The molecule has 98 valence electrons. The largest absolute Gasteiger partial charge is 0.397 e. The predicted octanol–water partition coefficient (Wildman–Crippen LogP) is 0.304. The average molecular weight is 250 g/mol. The van der Waals surface area contributed by atoms with E-state index >= 15 is 0 Å². The number of nitrogens with one attached hydrogen (secondary N) is 2. The molecule has 2 amide bonds. The van der Waals surface area contributed by atoms with Crippen LogP contribution in [-0.2, 0) is 4.79 Å². The maximum Gasteiger partial charge on any atom is 0.250 e. The molecule has 0 radical (unpaired) electrons. The van der Waals surface area contributed by atoms with E-state index in [0.29, 0.717) is 11.4 Å². The van der Waals surface area contributed by atoms with E-state index in [4.69, 9.17) is 11.5 Å². The summed E-state index contributed by atoms with van der Waals surface area (Å²) in [5, 5.41) is 5.55. The summed E-state index contributed by atoms with van der Waals surface area (Å²) in [6, 6.07) is 4.88. The first kappa shape index (κ1) is 13.8. The second-order valence-corrected chi connectivity index (χ2v) is 4.21. The smallest absolute Gasteiger partial charge is 0.250 e. The van der Waals surface area contributed by atoms with Crippen LogP contribution in [-0.4, -0.2) is 24.4 Å². The fourth-order valence-electron chi connectivity index (χ4n) is 1.51. The lowest BCUT2D eigenvalue weighted by Gasteiger charge is -2.13. The number of carbonyl (C=O) groups excluding carboxylic acids is 2. The number of hydrogen-bond acceptors (Lipinski definition) is 4. The van der Waals surface area contributed by atoms with Crippen molar-refractivity contribution in [2.75, 3.05) is 17.6 Å². The number of para-hydroxylation sites is 1. The van der Waals surface area contributed by atoms with Crippen molar-refractivity contribution in [3.05, 3.63) is 23.8 Å². The monoisotopic (exact) mass is 250 g/mol. The Morgan fingerprint density at radius 1 is 1.33 bits per heavy atom. The minimum Gasteiger partial charge on any atom is -0.397 e. The van der Waals surface area contributed by atoms with Crippen LogP contribution in [0.4, 0.5) is 11.4 Å². The maximum atomic E-state index is 11.5. The van der Waals surface area contributed by atoms with Gasteiger partial charge in [0.25, 0.3) is 5.91 Å². The third-order valence-corrected chi connectivity index (χ3v) is 2.24. The molecule has 18 heavy (non-hydrogen) atoms. The molecular formula is C12H18N4O2. The first-order chi connectivity index (χ1) is 8.41. The third kappa shape index (κ3) is 3.65. The van der Waals surface area contributed by atoms with E-state index in [1.54, 1.807) is 18.2 Å². The van der Waals surface area contributed by atoms with Gasteiger partial charge in [-0.2, -0.15) is 0 Å². The van der Waals surface area contributed by atoms with Crippen LogP contribution in [0, 0.1) is 0 Å². The second-order valence-electron chi connectivity index (χ2n) is 4.21. The number of nitrogen functional groups attached to an aromatic ring is 1. The van der Waals surface area contributed by atoms with Crippen molar-refractivity contribution in [2.45, 2.75) is 19.9 Å². The molecule has 0 saturated carbocycles. The molecule has 0 unspecified atom stereocenters. The summed E-state index contributed by atoms with van der Waals surface area (Å²) in [6.07, 6.45) is 0. The highest BCUT2D eigenvalue weighted by Crippen LogP contribution is 2.22. The third-order valence-electron chi connectivity index (χ3n) is 2.24. The Bertz CT molecular complexity index is 457. The molecule has 1 aromatic rings. The van der Waals surface area contributed by atoms with Crippen LogP contribution in [0.25, 0.3) is 0 Å². The van der Waals surface area contributed by atoms with Gasteiger partial charge in [-0.3, -0.25) is 9.59 Å². The first-order valence-electron chi connectivity index (χ1n) is 5.63. The molecule has 0 atom stereocenters. The van der Waals surface area contributed by atoms with Crippen LogP contribution in [0.1, 0.15) is 24.2 Å². The van der Waals surface area contributed by atoms with Crippen LogP contribution in [0.5, 0.6) is 0 Å². The summed E-state index contributed by atoms with van der Waals surface area (Å²) in [5.41, 5.74) is 12.0. The van der Waals surface area contributed by atoms with Crippen molar-refractivity contribution in [1.29, 1.82) is 0 Å². The highest BCUT2D eigenvalue weighted by molar-refractivity contribution is 6.01. The number of anilines is 2. The van der Waals surface area contributed by atoms with Gasteiger partial charge >= 0.3 is 0 Å². The van der Waals surface area contributed by atoms with E-state index in [-0.39, 0.29) is 24.1 Å². The van der Waals surface area contributed by atoms with Gasteiger partial charge in [0.05, 0.1) is 23.5 Å². The van der Waals surface area contributed by atoms with Crippen molar-refractivity contribution in [3.8, 4) is 0 Å². The molecule has 6 heteroatoms. The molecule has 1 aromatic carbocycles. The van der Waals surface area contributed by atoms with E-state index in [9.17, 15) is 9.59 Å². The summed E-state index contributed by atoms with van der Waals surface area (Å²) in [6.45, 7) is 3.76. The van der Waals surface area contributed by atoms with Gasteiger partial charge in [0, 0.05) is 6.04 Å². The molecule has 6 nitrogen and oxygen atoms in total. The van der Waals surface area contributed by atoms with Gasteiger partial charge in [0.1, 0.15) is 0 Å². The lowest BCUT2D eigenvalue weighted by molar-refractivity contribution is -0.119. The summed E-state index contributed by atoms with van der Waals surface area (Å²) in [4.78, 5) is 22.7. The number of hydrogen-bond donors (Lipinski definition) is 4. The van der Waals surface area contributed by atoms with Crippen LogP contribution in [0.2, 0.25) is 0 Å². The van der Waals surface area contributed by atoms with Crippen molar-refractivity contribution < 1.29 is 9.59 Å². The normalized spacial score (nSPS) is 10.2. The number of rotatable bonds is 5. The average Bonchev–Trinajstić information content (AvgIpc) is 2.25. The van der Waals surface area contributed by atoms with E-state index in [2.05, 4.69) is 10.6 Å². The van der Waals surface area contributed by atoms with E-state index in [1.165, 1.54) is 0 Å². The van der Waals surface area contributed by atoms with Crippen LogP contribution in [0.3, 0.4) is 0 Å². The lowest BCUT2D eigenvalue weighted by Crippen LogP contribution is -2.35. The molecule has 0 aliphatic carbocycles. The topological polar surface area (TPSA) is 110 Å². The van der Waals surface area contributed by atoms with Crippen molar-refractivity contribution in [3.63, 3.8) is 0 Å². The van der Waals surface area contributed by atoms with E-state index in [1.807, 2.05) is 13.8 Å². The van der Waals surface area contributed by atoms with E-state index < -0.39 is 5.91 Å². The minimum absolute atomic E-state index is 0.0344. The maximum absolute atomic E-state index is 11.5. The lowest BCUT2D eigenvalue weighted by atomic mass is 10.1. The quantitative estimate of drug-likeness (QED) is 0.563.